The molecule has 0 saturated heterocycles. The average Bonchev–Trinajstić information content (AvgIpc) is 2.10. The second kappa shape index (κ2) is 6.05. The van der Waals surface area contributed by atoms with E-state index in [-0.39, 0.29) is 18.4 Å². The third-order valence-corrected chi connectivity index (χ3v) is 2.65. The van der Waals surface area contributed by atoms with E-state index >= 15 is 0 Å². The number of hydrogen-bond donors (Lipinski definition) is 1. The van der Waals surface area contributed by atoms with Crippen molar-refractivity contribution in [2.75, 3.05) is 0 Å². The van der Waals surface area contributed by atoms with Crippen LogP contribution in [-0.2, 0) is 0 Å². The van der Waals surface area contributed by atoms with Crippen LogP contribution in [0.15, 0.2) is 18.2 Å². The lowest BCUT2D eigenvalue weighted by atomic mass is 9.95. The molecule has 0 fully saturated rings. The van der Waals surface area contributed by atoms with Crippen molar-refractivity contribution in [2.24, 2.45) is 5.73 Å². The summed E-state index contributed by atoms with van der Waals surface area (Å²) >= 11 is 0. The molecule has 14 heavy (non-hydrogen) atoms. The van der Waals surface area contributed by atoms with Crippen molar-refractivity contribution in [1.29, 1.82) is 0 Å². The molecule has 0 aliphatic heterocycles. The van der Waals surface area contributed by atoms with Gasteiger partial charge in [-0.05, 0) is 37.0 Å². The summed E-state index contributed by atoms with van der Waals surface area (Å²) in [5, 5.41) is 0. The zero-order chi connectivity index (χ0) is 9.84. The van der Waals surface area contributed by atoms with E-state index in [1.54, 1.807) is 0 Å². The number of benzene rings is 1. The van der Waals surface area contributed by atoms with Crippen LogP contribution >= 0.6 is 12.4 Å². The summed E-state index contributed by atoms with van der Waals surface area (Å²) in [6, 6.07) is 6.58. The van der Waals surface area contributed by atoms with Gasteiger partial charge in [0.15, 0.2) is 0 Å². The van der Waals surface area contributed by atoms with Gasteiger partial charge in [0.05, 0.1) is 0 Å². The standard InChI is InChI=1S/C12H19N.ClH/c1-4-6-12(13)11-8-5-7-9(2)10(11)3;/h5,7-8,12H,4,6,13H2,1-3H3;1H/t12-;/m1./s1. The van der Waals surface area contributed by atoms with Gasteiger partial charge in [-0.2, -0.15) is 0 Å². The van der Waals surface area contributed by atoms with E-state index < -0.39 is 0 Å². The van der Waals surface area contributed by atoms with Crippen LogP contribution in [0.25, 0.3) is 0 Å². The van der Waals surface area contributed by atoms with E-state index in [4.69, 9.17) is 5.73 Å². The fourth-order valence-corrected chi connectivity index (χ4v) is 1.64. The van der Waals surface area contributed by atoms with Gasteiger partial charge < -0.3 is 5.73 Å². The summed E-state index contributed by atoms with van der Waals surface area (Å²) in [6.45, 7) is 6.46. The Balaban J connectivity index is 0.00000169. The largest absolute Gasteiger partial charge is 0.324 e. The number of halogens is 1. The zero-order valence-electron chi connectivity index (χ0n) is 9.21. The number of nitrogens with two attached hydrogens (primary N) is 1. The van der Waals surface area contributed by atoms with E-state index in [9.17, 15) is 0 Å². The quantitative estimate of drug-likeness (QED) is 0.817. The smallest absolute Gasteiger partial charge is 0.0297 e. The van der Waals surface area contributed by atoms with Crippen molar-refractivity contribution in [3.05, 3.63) is 34.9 Å². The Morgan fingerprint density at radius 1 is 1.29 bits per heavy atom. The highest BCUT2D eigenvalue weighted by Gasteiger charge is 2.08. The lowest BCUT2D eigenvalue weighted by Crippen LogP contribution is -2.11. The molecule has 2 heteroatoms. The molecule has 2 N–H and O–H groups in total. The Bertz CT molecular complexity index is 284. The monoisotopic (exact) mass is 213 g/mol. The molecule has 1 atom stereocenters. The summed E-state index contributed by atoms with van der Waals surface area (Å²) in [5.74, 6) is 0. The molecule has 0 bridgehead atoms. The zero-order valence-corrected chi connectivity index (χ0v) is 10.0. The molecule has 0 heterocycles. The van der Waals surface area contributed by atoms with Crippen LogP contribution < -0.4 is 5.73 Å². The highest BCUT2D eigenvalue weighted by atomic mass is 35.5. The number of rotatable bonds is 3. The van der Waals surface area contributed by atoms with Crippen molar-refractivity contribution in [2.45, 2.75) is 39.7 Å². The third kappa shape index (κ3) is 3.00. The van der Waals surface area contributed by atoms with E-state index in [2.05, 4.69) is 39.0 Å². The van der Waals surface area contributed by atoms with Gasteiger partial charge in [0, 0.05) is 6.04 Å². The second-order valence-electron chi connectivity index (χ2n) is 3.68. The van der Waals surface area contributed by atoms with Crippen LogP contribution in [0.4, 0.5) is 0 Å². The molecule has 1 rings (SSSR count). The summed E-state index contributed by atoms with van der Waals surface area (Å²) in [4.78, 5) is 0. The molecule has 0 radical (unpaired) electrons. The minimum Gasteiger partial charge on any atom is -0.324 e. The van der Waals surface area contributed by atoms with E-state index in [0.717, 1.165) is 12.8 Å². The molecular formula is C12H20ClN. The van der Waals surface area contributed by atoms with Gasteiger partial charge in [-0.15, -0.1) is 12.4 Å². The molecule has 0 amide bonds. The van der Waals surface area contributed by atoms with Crippen molar-refractivity contribution in [1.82, 2.24) is 0 Å². The van der Waals surface area contributed by atoms with E-state index in [1.165, 1.54) is 16.7 Å². The van der Waals surface area contributed by atoms with Crippen molar-refractivity contribution in [3.63, 3.8) is 0 Å². The Labute approximate surface area is 93.1 Å². The maximum Gasteiger partial charge on any atom is 0.0297 e. The lowest BCUT2D eigenvalue weighted by Gasteiger charge is -2.15. The Morgan fingerprint density at radius 3 is 2.50 bits per heavy atom. The van der Waals surface area contributed by atoms with Crippen molar-refractivity contribution in [3.8, 4) is 0 Å². The molecule has 80 valence electrons. The first-order chi connectivity index (χ1) is 6.16. The number of hydrogen-bond acceptors (Lipinski definition) is 1. The molecule has 0 unspecified atom stereocenters. The van der Waals surface area contributed by atoms with Crippen LogP contribution in [-0.4, -0.2) is 0 Å². The summed E-state index contributed by atoms with van der Waals surface area (Å²) < 4.78 is 0. The van der Waals surface area contributed by atoms with Gasteiger partial charge in [-0.3, -0.25) is 0 Å². The predicted molar refractivity (Wildman–Crippen MR) is 65.0 cm³/mol. The average molecular weight is 214 g/mol. The van der Waals surface area contributed by atoms with Gasteiger partial charge in [0.25, 0.3) is 0 Å². The van der Waals surface area contributed by atoms with Crippen molar-refractivity contribution < 1.29 is 0 Å². The maximum atomic E-state index is 6.08. The Hall–Kier alpha value is -0.530. The van der Waals surface area contributed by atoms with Crippen molar-refractivity contribution >= 4 is 12.4 Å². The highest BCUT2D eigenvalue weighted by Crippen LogP contribution is 2.21. The van der Waals surface area contributed by atoms with Gasteiger partial charge in [-0.25, -0.2) is 0 Å². The first-order valence-corrected chi connectivity index (χ1v) is 4.98. The summed E-state index contributed by atoms with van der Waals surface area (Å²) in [5.41, 5.74) is 10.1. The molecule has 1 aromatic rings. The number of aryl methyl sites for hydroxylation is 1. The fraction of sp³-hybridized carbons (Fsp3) is 0.500. The molecule has 0 aromatic heterocycles. The van der Waals surface area contributed by atoms with Gasteiger partial charge in [0.2, 0.25) is 0 Å². The lowest BCUT2D eigenvalue weighted by molar-refractivity contribution is 0.634. The van der Waals surface area contributed by atoms with Gasteiger partial charge in [0.1, 0.15) is 0 Å². The fourth-order valence-electron chi connectivity index (χ4n) is 1.64. The molecule has 0 spiro atoms. The van der Waals surface area contributed by atoms with E-state index in [1.807, 2.05) is 0 Å². The van der Waals surface area contributed by atoms with Gasteiger partial charge >= 0.3 is 0 Å². The highest BCUT2D eigenvalue weighted by molar-refractivity contribution is 5.85. The first kappa shape index (κ1) is 13.5. The second-order valence-corrected chi connectivity index (χ2v) is 3.68. The predicted octanol–water partition coefficient (Wildman–Crippen LogP) is 3.53. The summed E-state index contributed by atoms with van der Waals surface area (Å²) in [6.07, 6.45) is 2.22. The van der Waals surface area contributed by atoms with Crippen LogP contribution in [0.5, 0.6) is 0 Å². The van der Waals surface area contributed by atoms with E-state index in [0.29, 0.717) is 0 Å². The molecule has 0 aliphatic rings. The molecule has 0 saturated carbocycles. The first-order valence-electron chi connectivity index (χ1n) is 4.98. The Morgan fingerprint density at radius 2 is 1.93 bits per heavy atom. The van der Waals surface area contributed by atoms with Crippen LogP contribution in [0.3, 0.4) is 0 Å². The summed E-state index contributed by atoms with van der Waals surface area (Å²) in [7, 11) is 0. The maximum absolute atomic E-state index is 6.08. The molecule has 1 nitrogen and oxygen atoms in total. The van der Waals surface area contributed by atoms with Crippen LogP contribution in [0, 0.1) is 13.8 Å². The molecular weight excluding hydrogens is 194 g/mol. The van der Waals surface area contributed by atoms with Crippen LogP contribution in [0.1, 0.15) is 42.5 Å². The third-order valence-electron chi connectivity index (χ3n) is 2.65. The molecule has 1 aromatic carbocycles. The topological polar surface area (TPSA) is 26.0 Å². The SMILES string of the molecule is CCC[C@@H](N)c1cccc(C)c1C.Cl. The molecule has 0 aliphatic carbocycles. The van der Waals surface area contributed by atoms with Gasteiger partial charge in [-0.1, -0.05) is 31.5 Å². The minimum atomic E-state index is 0. The normalized spacial score (nSPS) is 12.0. The van der Waals surface area contributed by atoms with Crippen LogP contribution in [0.2, 0.25) is 0 Å². The Kier molecular flexibility index (Phi) is 5.82. The minimum absolute atomic E-state index is 0.